The number of rotatable bonds is 7. The number of benzene rings is 1. The van der Waals surface area contributed by atoms with Gasteiger partial charge in [0.25, 0.3) is 5.91 Å². The Bertz CT molecular complexity index is 747. The Hall–Kier alpha value is -2.37. The lowest BCUT2D eigenvalue weighted by atomic mass is 9.64. The minimum atomic E-state index is -0.319. The summed E-state index contributed by atoms with van der Waals surface area (Å²) in [6.07, 6.45) is 6.54. The highest BCUT2D eigenvalue weighted by Crippen LogP contribution is 2.43. The lowest BCUT2D eigenvalue weighted by Crippen LogP contribution is -2.46. The van der Waals surface area contributed by atoms with E-state index in [1.54, 1.807) is 0 Å². The average Bonchev–Trinajstić information content (AvgIpc) is 3.57. The Kier molecular flexibility index (Phi) is 5.88. The van der Waals surface area contributed by atoms with Crippen LogP contribution < -0.4 is 5.32 Å². The van der Waals surface area contributed by atoms with Crippen molar-refractivity contribution in [2.75, 3.05) is 26.2 Å². The van der Waals surface area contributed by atoms with Gasteiger partial charge in [-0.25, -0.2) is 0 Å². The third kappa shape index (κ3) is 4.62. The molecule has 3 fully saturated rings. The second-order valence-corrected chi connectivity index (χ2v) is 8.76. The molecule has 4 rings (SSSR count). The zero-order valence-electron chi connectivity index (χ0n) is 16.9. The third-order valence-corrected chi connectivity index (χ3v) is 6.73. The van der Waals surface area contributed by atoms with E-state index < -0.39 is 0 Å². The van der Waals surface area contributed by atoms with E-state index in [0.29, 0.717) is 32.5 Å². The van der Waals surface area contributed by atoms with Gasteiger partial charge >= 0.3 is 5.97 Å². The van der Waals surface area contributed by atoms with Gasteiger partial charge in [-0.1, -0.05) is 36.8 Å². The van der Waals surface area contributed by atoms with Crippen LogP contribution >= 0.6 is 0 Å². The van der Waals surface area contributed by atoms with Gasteiger partial charge in [0, 0.05) is 31.0 Å². The topological polar surface area (TPSA) is 75.7 Å². The molecule has 6 heteroatoms. The molecule has 1 heterocycles. The molecule has 2 saturated carbocycles. The Balaban J connectivity index is 1.18. The summed E-state index contributed by atoms with van der Waals surface area (Å²) >= 11 is 0. The van der Waals surface area contributed by atoms with Crippen molar-refractivity contribution >= 4 is 17.8 Å². The lowest BCUT2D eigenvalue weighted by Gasteiger charge is -2.42. The molecule has 1 saturated heterocycles. The molecule has 0 radical (unpaired) electrons. The number of amides is 2. The number of esters is 1. The zero-order valence-corrected chi connectivity index (χ0v) is 16.9. The van der Waals surface area contributed by atoms with Crippen LogP contribution in [0.25, 0.3) is 0 Å². The summed E-state index contributed by atoms with van der Waals surface area (Å²) in [6.45, 7) is 1.57. The van der Waals surface area contributed by atoms with Crippen LogP contribution in [0, 0.1) is 11.8 Å². The Labute approximate surface area is 172 Å². The molecule has 0 spiro atoms. The number of hydrogen-bond donors (Lipinski definition) is 1. The van der Waals surface area contributed by atoms with Crippen molar-refractivity contribution in [2.24, 2.45) is 11.8 Å². The number of piperidine rings is 1. The summed E-state index contributed by atoms with van der Waals surface area (Å²) in [5, 5.41) is 2.95. The van der Waals surface area contributed by atoms with E-state index in [-0.39, 0.29) is 41.6 Å². The number of nitrogens with one attached hydrogen (secondary N) is 1. The number of hydrogen-bond acceptors (Lipinski definition) is 4. The maximum absolute atomic E-state index is 12.3. The molecule has 0 atom stereocenters. The van der Waals surface area contributed by atoms with Crippen LogP contribution in [0.5, 0.6) is 0 Å². The summed E-state index contributed by atoms with van der Waals surface area (Å²) < 4.78 is 5.27. The molecule has 0 aromatic heterocycles. The van der Waals surface area contributed by atoms with Gasteiger partial charge in [0.2, 0.25) is 5.91 Å². The van der Waals surface area contributed by atoms with Crippen LogP contribution in [-0.2, 0) is 24.5 Å². The second-order valence-electron chi connectivity index (χ2n) is 8.76. The largest absolute Gasteiger partial charge is 0.455 e. The Morgan fingerprint density at radius 3 is 2.28 bits per heavy atom. The number of ether oxygens (including phenoxy) is 1. The number of nitrogens with zero attached hydrogens (tertiary/aromatic N) is 1. The van der Waals surface area contributed by atoms with Crippen molar-refractivity contribution < 1.29 is 19.1 Å². The number of likely N-dealkylation sites (tertiary alicyclic amines) is 1. The van der Waals surface area contributed by atoms with Crippen LogP contribution in [0.4, 0.5) is 0 Å². The van der Waals surface area contributed by atoms with Crippen molar-refractivity contribution in [3.05, 3.63) is 35.9 Å². The molecule has 3 aliphatic rings. The highest BCUT2D eigenvalue weighted by Gasteiger charge is 2.39. The highest BCUT2D eigenvalue weighted by atomic mass is 16.5. The first-order chi connectivity index (χ1) is 14.1. The molecule has 29 heavy (non-hydrogen) atoms. The van der Waals surface area contributed by atoms with Gasteiger partial charge in [0.05, 0.1) is 5.92 Å². The maximum atomic E-state index is 12.3. The van der Waals surface area contributed by atoms with E-state index in [4.69, 9.17) is 4.74 Å². The summed E-state index contributed by atoms with van der Waals surface area (Å²) in [4.78, 5) is 38.5. The van der Waals surface area contributed by atoms with E-state index in [9.17, 15) is 14.4 Å². The monoisotopic (exact) mass is 398 g/mol. The second kappa shape index (κ2) is 8.56. The van der Waals surface area contributed by atoms with Crippen molar-refractivity contribution in [1.82, 2.24) is 10.2 Å². The maximum Gasteiger partial charge on any atom is 0.309 e. The SMILES string of the molecule is O=C(COC(=O)C1CCN(C(=O)C2CC2)CC1)NCC1(c2ccccc2)CCC1. The number of carbonyl (C=O) groups excluding carboxylic acids is 3. The summed E-state index contributed by atoms with van der Waals surface area (Å²) in [6, 6.07) is 10.3. The van der Waals surface area contributed by atoms with Crippen molar-refractivity contribution in [3.8, 4) is 0 Å². The normalized spacial score (nSPS) is 21.2. The lowest BCUT2D eigenvalue weighted by molar-refractivity contribution is -0.155. The minimum absolute atomic E-state index is 0.0157. The van der Waals surface area contributed by atoms with Gasteiger partial charge in [-0.3, -0.25) is 14.4 Å². The molecule has 0 bridgehead atoms. The molecule has 1 aliphatic heterocycles. The molecule has 1 aromatic carbocycles. The number of carbonyl (C=O) groups is 3. The zero-order chi connectivity index (χ0) is 20.3. The smallest absolute Gasteiger partial charge is 0.309 e. The Morgan fingerprint density at radius 1 is 1.00 bits per heavy atom. The van der Waals surface area contributed by atoms with E-state index in [2.05, 4.69) is 17.4 Å². The fourth-order valence-corrected chi connectivity index (χ4v) is 4.46. The van der Waals surface area contributed by atoms with Crippen molar-refractivity contribution in [3.63, 3.8) is 0 Å². The van der Waals surface area contributed by atoms with E-state index in [1.165, 1.54) is 12.0 Å². The van der Waals surface area contributed by atoms with E-state index >= 15 is 0 Å². The van der Waals surface area contributed by atoms with Gasteiger partial charge in [0.15, 0.2) is 6.61 Å². The Morgan fingerprint density at radius 2 is 1.69 bits per heavy atom. The summed E-state index contributed by atoms with van der Waals surface area (Å²) in [7, 11) is 0. The van der Waals surface area contributed by atoms with E-state index in [0.717, 1.165) is 25.7 Å². The first kappa shape index (κ1) is 19.9. The fraction of sp³-hybridized carbons (Fsp3) is 0.609. The van der Waals surface area contributed by atoms with Gasteiger partial charge in [-0.15, -0.1) is 0 Å². The quantitative estimate of drug-likeness (QED) is 0.716. The predicted molar refractivity (Wildman–Crippen MR) is 108 cm³/mol. The first-order valence-corrected chi connectivity index (χ1v) is 10.9. The third-order valence-electron chi connectivity index (χ3n) is 6.73. The standard InChI is InChI=1S/C23H30N2O4/c26-20(24-16-23(11-4-12-23)19-5-2-1-3-6-19)15-29-22(28)18-9-13-25(14-10-18)21(27)17-7-8-17/h1-3,5-6,17-18H,4,7-16H2,(H,24,26). The van der Waals surface area contributed by atoms with Crippen molar-refractivity contribution in [1.29, 1.82) is 0 Å². The molecule has 1 aromatic rings. The molecule has 1 N–H and O–H groups in total. The average molecular weight is 399 g/mol. The van der Waals surface area contributed by atoms with Crippen LogP contribution in [-0.4, -0.2) is 48.9 Å². The molecular weight excluding hydrogens is 368 g/mol. The molecule has 2 amide bonds. The van der Waals surface area contributed by atoms with Crippen LogP contribution in [0.15, 0.2) is 30.3 Å². The summed E-state index contributed by atoms with van der Waals surface area (Å²) in [5.74, 6) is -0.327. The van der Waals surface area contributed by atoms with Crippen LogP contribution in [0.3, 0.4) is 0 Å². The minimum Gasteiger partial charge on any atom is -0.455 e. The fourth-order valence-electron chi connectivity index (χ4n) is 4.46. The molecule has 156 valence electrons. The molecule has 0 unspecified atom stereocenters. The van der Waals surface area contributed by atoms with Gasteiger partial charge < -0.3 is 15.0 Å². The summed E-state index contributed by atoms with van der Waals surface area (Å²) in [5.41, 5.74) is 1.28. The van der Waals surface area contributed by atoms with Crippen LogP contribution in [0.1, 0.15) is 50.5 Å². The van der Waals surface area contributed by atoms with Gasteiger partial charge in [-0.2, -0.15) is 0 Å². The molecule has 2 aliphatic carbocycles. The molecular formula is C23H30N2O4. The van der Waals surface area contributed by atoms with Gasteiger partial charge in [-0.05, 0) is 44.1 Å². The van der Waals surface area contributed by atoms with Crippen molar-refractivity contribution in [2.45, 2.75) is 50.4 Å². The van der Waals surface area contributed by atoms with Crippen LogP contribution in [0.2, 0.25) is 0 Å². The first-order valence-electron chi connectivity index (χ1n) is 10.9. The highest BCUT2D eigenvalue weighted by molar-refractivity contribution is 5.82. The molecule has 6 nitrogen and oxygen atoms in total. The predicted octanol–water partition coefficient (Wildman–Crippen LogP) is 2.42. The van der Waals surface area contributed by atoms with Gasteiger partial charge in [0.1, 0.15) is 0 Å². The van der Waals surface area contributed by atoms with E-state index in [1.807, 2.05) is 23.1 Å².